The molecule has 0 fully saturated rings. The molecule has 7 nitrogen and oxygen atoms in total. The van der Waals surface area contributed by atoms with Gasteiger partial charge in [0.1, 0.15) is 23.4 Å². The molecule has 0 spiro atoms. The van der Waals surface area contributed by atoms with Gasteiger partial charge in [-0.1, -0.05) is 0 Å². The largest absolute Gasteiger partial charge is 0.457 e. The number of halogens is 1. The molecule has 0 saturated heterocycles. The van der Waals surface area contributed by atoms with Crippen molar-refractivity contribution in [3.63, 3.8) is 0 Å². The summed E-state index contributed by atoms with van der Waals surface area (Å²) in [6.07, 6.45) is -1.91. The molecule has 0 aliphatic carbocycles. The molecule has 0 saturated carbocycles. The molecule has 8 heteroatoms. The Kier molecular flexibility index (Phi) is 5.39. The van der Waals surface area contributed by atoms with Crippen molar-refractivity contribution in [3.05, 3.63) is 72.3 Å². The Balaban J connectivity index is 1.78. The minimum Gasteiger partial charge on any atom is -0.457 e. The fraction of sp³-hybridized carbons (Fsp3) is 0.105. The second-order valence-corrected chi connectivity index (χ2v) is 5.68. The van der Waals surface area contributed by atoms with Crippen LogP contribution in [0.15, 0.2) is 60.8 Å². The normalized spacial score (nSPS) is 13.0. The van der Waals surface area contributed by atoms with Crippen LogP contribution < -0.4 is 10.5 Å². The molecule has 0 aliphatic rings. The predicted molar refractivity (Wildman–Crippen MR) is 94.1 cm³/mol. The second kappa shape index (κ2) is 7.90. The molecule has 1 heterocycles. The van der Waals surface area contributed by atoms with Crippen LogP contribution in [0.2, 0.25) is 0 Å². The van der Waals surface area contributed by atoms with Crippen LogP contribution in [-0.4, -0.2) is 32.2 Å². The maximum Gasteiger partial charge on any atom is 0.249 e. The number of aliphatic hydroxyl groups is 2. The lowest BCUT2D eigenvalue weighted by atomic mass is 10.1. The number of aliphatic hydroxyl groups excluding tert-OH is 2. The molecule has 1 amide bonds. The number of carbonyl (C=O) groups excluding carboxylic acids is 1. The third-order valence-corrected chi connectivity index (χ3v) is 3.73. The van der Waals surface area contributed by atoms with Crippen LogP contribution in [0.3, 0.4) is 0 Å². The zero-order valence-corrected chi connectivity index (χ0v) is 14.0. The number of nitrogens with two attached hydrogens (primary N) is 1. The fourth-order valence-corrected chi connectivity index (χ4v) is 2.30. The summed E-state index contributed by atoms with van der Waals surface area (Å²) in [5.41, 5.74) is 5.68. The lowest BCUT2D eigenvalue weighted by Gasteiger charge is -2.14. The lowest BCUT2D eigenvalue weighted by Crippen LogP contribution is -2.34. The van der Waals surface area contributed by atoms with Gasteiger partial charge in [-0.2, -0.15) is 0 Å². The van der Waals surface area contributed by atoms with E-state index in [-0.39, 0.29) is 17.3 Å². The molecule has 0 aliphatic heterocycles. The first-order valence-electron chi connectivity index (χ1n) is 7.96. The number of benzene rings is 2. The molecule has 27 heavy (non-hydrogen) atoms. The quantitative estimate of drug-likeness (QED) is 0.611. The molecule has 0 radical (unpaired) electrons. The Morgan fingerprint density at radius 3 is 2.19 bits per heavy atom. The van der Waals surface area contributed by atoms with E-state index < -0.39 is 18.1 Å². The van der Waals surface area contributed by atoms with Crippen molar-refractivity contribution in [2.24, 2.45) is 5.73 Å². The highest BCUT2D eigenvalue weighted by molar-refractivity contribution is 5.79. The van der Waals surface area contributed by atoms with Crippen molar-refractivity contribution in [1.82, 2.24) is 9.97 Å². The second-order valence-electron chi connectivity index (χ2n) is 5.68. The topological polar surface area (TPSA) is 119 Å². The van der Waals surface area contributed by atoms with Crippen molar-refractivity contribution in [2.75, 3.05) is 0 Å². The third kappa shape index (κ3) is 4.43. The van der Waals surface area contributed by atoms with E-state index in [4.69, 9.17) is 10.5 Å². The number of hydrogen-bond acceptors (Lipinski definition) is 6. The SMILES string of the molecule is NC(=O)C(O)C(O)c1ccnc(-c2ccc(Oc3ccc(F)cc3)cc2)n1. The van der Waals surface area contributed by atoms with Gasteiger partial charge in [-0.3, -0.25) is 4.79 Å². The van der Waals surface area contributed by atoms with Gasteiger partial charge in [-0.05, 0) is 54.6 Å². The van der Waals surface area contributed by atoms with Crippen LogP contribution in [0.4, 0.5) is 4.39 Å². The van der Waals surface area contributed by atoms with Gasteiger partial charge >= 0.3 is 0 Å². The van der Waals surface area contributed by atoms with Crippen molar-refractivity contribution in [3.8, 4) is 22.9 Å². The summed E-state index contributed by atoms with van der Waals surface area (Å²) < 4.78 is 18.5. The Labute approximate surface area is 153 Å². The average Bonchev–Trinajstić information content (AvgIpc) is 2.69. The monoisotopic (exact) mass is 369 g/mol. The van der Waals surface area contributed by atoms with Crippen LogP contribution in [-0.2, 0) is 4.79 Å². The molecular formula is C19H16FN3O4. The molecule has 0 bridgehead atoms. The molecule has 2 unspecified atom stereocenters. The number of nitrogens with zero attached hydrogens (tertiary/aromatic N) is 2. The maximum absolute atomic E-state index is 12.9. The van der Waals surface area contributed by atoms with E-state index in [1.54, 1.807) is 24.3 Å². The van der Waals surface area contributed by atoms with Gasteiger partial charge in [0.2, 0.25) is 5.91 Å². The number of ether oxygens (including phenoxy) is 1. The zero-order valence-electron chi connectivity index (χ0n) is 14.0. The first-order chi connectivity index (χ1) is 12.9. The highest BCUT2D eigenvalue weighted by atomic mass is 19.1. The van der Waals surface area contributed by atoms with Gasteiger partial charge < -0.3 is 20.7 Å². The number of rotatable bonds is 6. The van der Waals surface area contributed by atoms with Crippen molar-refractivity contribution in [1.29, 1.82) is 0 Å². The van der Waals surface area contributed by atoms with Crippen molar-refractivity contribution >= 4 is 5.91 Å². The number of aromatic nitrogens is 2. The molecule has 3 rings (SSSR count). The summed E-state index contributed by atoms with van der Waals surface area (Å²) in [5, 5.41) is 19.5. The summed E-state index contributed by atoms with van der Waals surface area (Å²) in [4.78, 5) is 19.3. The molecule has 1 aromatic heterocycles. The van der Waals surface area contributed by atoms with Gasteiger partial charge in [0.15, 0.2) is 11.9 Å². The first-order valence-corrected chi connectivity index (χ1v) is 7.96. The summed E-state index contributed by atoms with van der Waals surface area (Å²) in [6, 6.07) is 13.8. The van der Waals surface area contributed by atoms with Crippen molar-refractivity contribution in [2.45, 2.75) is 12.2 Å². The minimum absolute atomic E-state index is 0.0675. The first kappa shape index (κ1) is 18.4. The molecule has 138 valence electrons. The van der Waals surface area contributed by atoms with E-state index in [2.05, 4.69) is 9.97 Å². The highest BCUT2D eigenvalue weighted by Gasteiger charge is 2.25. The Morgan fingerprint density at radius 2 is 1.59 bits per heavy atom. The van der Waals surface area contributed by atoms with Crippen LogP contribution in [0.1, 0.15) is 11.8 Å². The third-order valence-electron chi connectivity index (χ3n) is 3.73. The van der Waals surface area contributed by atoms with Crippen LogP contribution in [0.25, 0.3) is 11.4 Å². The van der Waals surface area contributed by atoms with E-state index in [1.165, 1.54) is 36.5 Å². The van der Waals surface area contributed by atoms with E-state index in [0.29, 0.717) is 17.1 Å². The predicted octanol–water partition coefficient (Wildman–Crippen LogP) is 1.95. The number of primary amides is 1. The smallest absolute Gasteiger partial charge is 0.249 e. The van der Waals surface area contributed by atoms with Gasteiger partial charge in [-0.15, -0.1) is 0 Å². The Hall–Kier alpha value is -3.36. The number of carbonyl (C=O) groups is 1. The van der Waals surface area contributed by atoms with E-state index >= 15 is 0 Å². The summed E-state index contributed by atoms with van der Waals surface area (Å²) in [6.45, 7) is 0. The summed E-state index contributed by atoms with van der Waals surface area (Å²) in [5.74, 6) is -0.0865. The van der Waals surface area contributed by atoms with E-state index in [0.717, 1.165) is 0 Å². The van der Waals surface area contributed by atoms with Gasteiger partial charge in [0.25, 0.3) is 0 Å². The number of amides is 1. The molecule has 4 N–H and O–H groups in total. The lowest BCUT2D eigenvalue weighted by molar-refractivity contribution is -0.132. The fourth-order valence-electron chi connectivity index (χ4n) is 2.30. The Morgan fingerprint density at radius 1 is 1.00 bits per heavy atom. The molecular weight excluding hydrogens is 353 g/mol. The summed E-state index contributed by atoms with van der Waals surface area (Å²) >= 11 is 0. The van der Waals surface area contributed by atoms with Gasteiger partial charge in [0, 0.05) is 11.8 Å². The van der Waals surface area contributed by atoms with E-state index in [9.17, 15) is 19.4 Å². The van der Waals surface area contributed by atoms with Crippen molar-refractivity contribution < 1.29 is 24.1 Å². The maximum atomic E-state index is 12.9. The van der Waals surface area contributed by atoms with Crippen LogP contribution >= 0.6 is 0 Å². The molecule has 2 atom stereocenters. The Bertz CT molecular complexity index is 932. The number of hydrogen-bond donors (Lipinski definition) is 3. The highest BCUT2D eigenvalue weighted by Crippen LogP contribution is 2.25. The summed E-state index contributed by atoms with van der Waals surface area (Å²) in [7, 11) is 0. The van der Waals surface area contributed by atoms with E-state index in [1.807, 2.05) is 0 Å². The molecule has 2 aromatic carbocycles. The zero-order chi connectivity index (χ0) is 19.4. The molecule has 3 aromatic rings. The average molecular weight is 369 g/mol. The van der Waals surface area contributed by atoms with Gasteiger partial charge in [-0.25, -0.2) is 14.4 Å². The van der Waals surface area contributed by atoms with Crippen LogP contribution in [0.5, 0.6) is 11.5 Å². The standard InChI is InChI=1S/C19H16FN3O4/c20-12-3-7-14(8-4-12)27-13-5-1-11(2-6-13)19-22-10-9-15(23-19)16(24)17(25)18(21)26/h1-10,16-17,24-25H,(H2,21,26). The van der Waals surface area contributed by atoms with Crippen LogP contribution in [0, 0.1) is 5.82 Å². The van der Waals surface area contributed by atoms with Gasteiger partial charge in [0.05, 0.1) is 5.69 Å². The minimum atomic E-state index is -1.76.